The van der Waals surface area contributed by atoms with Crippen molar-refractivity contribution in [1.29, 1.82) is 0 Å². The Morgan fingerprint density at radius 1 is 0.625 bits per heavy atom. The lowest BCUT2D eigenvalue weighted by atomic mass is 9.87. The minimum absolute atomic E-state index is 0.569. The standard InChI is InChI=1S/C24H26/c1-2-20-13-15-21(16-14-20)17-18-24(23-11-7-4-8-12-23)19-22-9-5-3-6-10-22/h3-16,24H,2,17-19H2,1H3. The Hall–Kier alpha value is -2.34. The van der Waals surface area contributed by atoms with Crippen LogP contribution in [0.3, 0.4) is 0 Å². The summed E-state index contributed by atoms with van der Waals surface area (Å²) >= 11 is 0. The second kappa shape index (κ2) is 8.49. The van der Waals surface area contributed by atoms with Gasteiger partial charge in [-0.2, -0.15) is 0 Å². The number of rotatable bonds is 7. The van der Waals surface area contributed by atoms with Crippen LogP contribution in [0, 0.1) is 0 Å². The Kier molecular flexibility index (Phi) is 5.85. The number of hydrogen-bond acceptors (Lipinski definition) is 0. The zero-order chi connectivity index (χ0) is 16.6. The summed E-state index contributed by atoms with van der Waals surface area (Å²) in [5.41, 5.74) is 5.74. The maximum absolute atomic E-state index is 2.30. The highest BCUT2D eigenvalue weighted by molar-refractivity contribution is 5.26. The van der Waals surface area contributed by atoms with Crippen LogP contribution in [0.4, 0.5) is 0 Å². The molecular formula is C24H26. The van der Waals surface area contributed by atoms with Crippen LogP contribution < -0.4 is 0 Å². The van der Waals surface area contributed by atoms with E-state index >= 15 is 0 Å². The molecule has 0 saturated heterocycles. The van der Waals surface area contributed by atoms with E-state index in [1.54, 1.807) is 0 Å². The van der Waals surface area contributed by atoms with E-state index in [9.17, 15) is 0 Å². The van der Waals surface area contributed by atoms with Crippen molar-refractivity contribution in [2.45, 2.75) is 38.5 Å². The third kappa shape index (κ3) is 4.58. The molecule has 0 spiro atoms. The molecule has 0 heterocycles. The van der Waals surface area contributed by atoms with Gasteiger partial charge in [0.1, 0.15) is 0 Å². The smallest absolute Gasteiger partial charge is 0.0118 e. The van der Waals surface area contributed by atoms with Gasteiger partial charge in [-0.1, -0.05) is 91.9 Å². The lowest BCUT2D eigenvalue weighted by molar-refractivity contribution is 0.621. The summed E-state index contributed by atoms with van der Waals surface area (Å²) in [4.78, 5) is 0. The summed E-state index contributed by atoms with van der Waals surface area (Å²) in [6.07, 6.45) is 4.54. The molecule has 0 heteroatoms. The first-order valence-corrected chi connectivity index (χ1v) is 9.02. The molecule has 1 atom stereocenters. The van der Waals surface area contributed by atoms with E-state index in [0.29, 0.717) is 5.92 Å². The van der Waals surface area contributed by atoms with Gasteiger partial charge in [-0.3, -0.25) is 0 Å². The summed E-state index contributed by atoms with van der Waals surface area (Å²) in [6, 6.07) is 30.9. The van der Waals surface area contributed by atoms with Crippen LogP contribution in [0.15, 0.2) is 84.9 Å². The van der Waals surface area contributed by atoms with Gasteiger partial charge in [-0.25, -0.2) is 0 Å². The fourth-order valence-electron chi connectivity index (χ4n) is 3.29. The Bertz CT molecular complexity index is 711. The third-order valence-corrected chi connectivity index (χ3v) is 4.81. The second-order valence-electron chi connectivity index (χ2n) is 6.51. The van der Waals surface area contributed by atoms with Crippen molar-refractivity contribution in [2.24, 2.45) is 0 Å². The highest BCUT2D eigenvalue weighted by Crippen LogP contribution is 2.26. The van der Waals surface area contributed by atoms with Crippen molar-refractivity contribution >= 4 is 0 Å². The minimum Gasteiger partial charge on any atom is -0.0622 e. The molecule has 0 aliphatic heterocycles. The molecule has 0 amide bonds. The molecule has 0 aliphatic carbocycles. The second-order valence-corrected chi connectivity index (χ2v) is 6.51. The number of aryl methyl sites for hydroxylation is 2. The fraction of sp³-hybridized carbons (Fsp3) is 0.250. The Balaban J connectivity index is 1.72. The van der Waals surface area contributed by atoms with Gasteiger partial charge in [0, 0.05) is 0 Å². The summed E-state index contributed by atoms with van der Waals surface area (Å²) in [6.45, 7) is 2.21. The van der Waals surface area contributed by atoms with Crippen molar-refractivity contribution < 1.29 is 0 Å². The van der Waals surface area contributed by atoms with E-state index in [2.05, 4.69) is 91.9 Å². The summed E-state index contributed by atoms with van der Waals surface area (Å²) in [5, 5.41) is 0. The van der Waals surface area contributed by atoms with E-state index in [4.69, 9.17) is 0 Å². The van der Waals surface area contributed by atoms with Gasteiger partial charge < -0.3 is 0 Å². The maximum Gasteiger partial charge on any atom is -0.0118 e. The molecule has 1 unspecified atom stereocenters. The molecular weight excluding hydrogens is 288 g/mol. The topological polar surface area (TPSA) is 0 Å². The molecule has 0 aliphatic rings. The molecule has 3 rings (SSSR count). The molecule has 0 saturated carbocycles. The maximum atomic E-state index is 2.30. The average Bonchev–Trinajstić information content (AvgIpc) is 2.67. The molecule has 3 aromatic rings. The van der Waals surface area contributed by atoms with Gasteiger partial charge in [0.15, 0.2) is 0 Å². The number of hydrogen-bond donors (Lipinski definition) is 0. The highest BCUT2D eigenvalue weighted by Gasteiger charge is 2.12. The summed E-state index contributed by atoms with van der Waals surface area (Å²) in [7, 11) is 0. The monoisotopic (exact) mass is 314 g/mol. The third-order valence-electron chi connectivity index (χ3n) is 4.81. The quantitative estimate of drug-likeness (QED) is 0.486. The lowest BCUT2D eigenvalue weighted by Gasteiger charge is -2.18. The molecule has 122 valence electrons. The molecule has 24 heavy (non-hydrogen) atoms. The molecule has 0 bridgehead atoms. The van der Waals surface area contributed by atoms with Crippen LogP contribution >= 0.6 is 0 Å². The van der Waals surface area contributed by atoms with Crippen molar-refractivity contribution in [3.05, 3.63) is 107 Å². The van der Waals surface area contributed by atoms with Crippen LogP contribution in [-0.4, -0.2) is 0 Å². The first kappa shape index (κ1) is 16.5. The van der Waals surface area contributed by atoms with Crippen LogP contribution in [-0.2, 0) is 19.3 Å². The van der Waals surface area contributed by atoms with Gasteiger partial charge in [-0.05, 0) is 53.9 Å². The van der Waals surface area contributed by atoms with Gasteiger partial charge in [0.2, 0.25) is 0 Å². The zero-order valence-corrected chi connectivity index (χ0v) is 14.5. The van der Waals surface area contributed by atoms with Crippen LogP contribution in [0.1, 0.15) is 41.5 Å². The van der Waals surface area contributed by atoms with Crippen molar-refractivity contribution in [1.82, 2.24) is 0 Å². The number of benzene rings is 3. The van der Waals surface area contributed by atoms with E-state index in [1.807, 2.05) is 0 Å². The van der Waals surface area contributed by atoms with Gasteiger partial charge in [0.05, 0.1) is 0 Å². The summed E-state index contributed by atoms with van der Waals surface area (Å²) < 4.78 is 0. The predicted molar refractivity (Wildman–Crippen MR) is 103 cm³/mol. The zero-order valence-electron chi connectivity index (χ0n) is 14.5. The van der Waals surface area contributed by atoms with Gasteiger partial charge >= 0.3 is 0 Å². The molecule has 0 aromatic heterocycles. The highest BCUT2D eigenvalue weighted by atomic mass is 14.2. The normalized spacial score (nSPS) is 12.0. The predicted octanol–water partition coefficient (Wildman–Crippen LogP) is 6.21. The van der Waals surface area contributed by atoms with Crippen LogP contribution in [0.25, 0.3) is 0 Å². The molecule has 0 N–H and O–H groups in total. The van der Waals surface area contributed by atoms with E-state index in [1.165, 1.54) is 28.7 Å². The molecule has 0 nitrogen and oxygen atoms in total. The Morgan fingerprint density at radius 3 is 1.83 bits per heavy atom. The van der Waals surface area contributed by atoms with E-state index in [-0.39, 0.29) is 0 Å². The Labute approximate surface area is 146 Å². The van der Waals surface area contributed by atoms with Gasteiger partial charge in [-0.15, -0.1) is 0 Å². The largest absolute Gasteiger partial charge is 0.0622 e. The first-order valence-electron chi connectivity index (χ1n) is 9.02. The molecule has 3 aromatic carbocycles. The average molecular weight is 314 g/mol. The van der Waals surface area contributed by atoms with Crippen molar-refractivity contribution in [3.63, 3.8) is 0 Å². The van der Waals surface area contributed by atoms with Crippen LogP contribution in [0.2, 0.25) is 0 Å². The van der Waals surface area contributed by atoms with Crippen molar-refractivity contribution in [2.75, 3.05) is 0 Å². The molecule has 0 radical (unpaired) electrons. The lowest BCUT2D eigenvalue weighted by Crippen LogP contribution is -2.05. The van der Waals surface area contributed by atoms with Crippen LogP contribution in [0.5, 0.6) is 0 Å². The van der Waals surface area contributed by atoms with Crippen molar-refractivity contribution in [3.8, 4) is 0 Å². The summed E-state index contributed by atoms with van der Waals surface area (Å²) in [5.74, 6) is 0.569. The first-order chi connectivity index (χ1) is 11.8. The van der Waals surface area contributed by atoms with E-state index < -0.39 is 0 Å². The fourth-order valence-corrected chi connectivity index (χ4v) is 3.29. The SMILES string of the molecule is CCc1ccc(CCC(Cc2ccccc2)c2ccccc2)cc1. The minimum atomic E-state index is 0.569. The molecule has 0 fully saturated rings. The Morgan fingerprint density at radius 2 is 1.21 bits per heavy atom. The van der Waals surface area contributed by atoms with E-state index in [0.717, 1.165) is 19.3 Å². The van der Waals surface area contributed by atoms with Gasteiger partial charge in [0.25, 0.3) is 0 Å².